The third-order valence-corrected chi connectivity index (χ3v) is 2.74. The number of nitrogens with zero attached hydrogens (tertiary/aromatic N) is 2. The van der Waals surface area contributed by atoms with Crippen molar-refractivity contribution in [2.75, 3.05) is 24.2 Å². The number of aryl methyl sites for hydroxylation is 1. The van der Waals surface area contributed by atoms with Gasteiger partial charge >= 0.3 is 0 Å². The number of benzene rings is 1. The van der Waals surface area contributed by atoms with E-state index in [-0.39, 0.29) is 5.82 Å². The Morgan fingerprint density at radius 1 is 1.21 bits per heavy atom. The van der Waals surface area contributed by atoms with Gasteiger partial charge in [0.05, 0.1) is 0 Å². The molecule has 0 saturated carbocycles. The Labute approximate surface area is 112 Å². The zero-order valence-corrected chi connectivity index (χ0v) is 11.1. The van der Waals surface area contributed by atoms with Crippen LogP contribution in [0.5, 0.6) is 0 Å². The van der Waals surface area contributed by atoms with Crippen molar-refractivity contribution in [3.63, 3.8) is 0 Å². The van der Waals surface area contributed by atoms with Gasteiger partial charge in [-0.3, -0.25) is 0 Å². The van der Waals surface area contributed by atoms with Gasteiger partial charge in [0.15, 0.2) is 0 Å². The second kappa shape index (κ2) is 6.13. The fourth-order valence-corrected chi connectivity index (χ4v) is 1.80. The molecule has 0 aliphatic heterocycles. The highest BCUT2D eigenvalue weighted by Gasteiger charge is 2.02. The Balaban J connectivity index is 1.96. The summed E-state index contributed by atoms with van der Waals surface area (Å²) in [5.74, 6) is 1.15. The molecule has 1 heterocycles. The van der Waals surface area contributed by atoms with Crippen molar-refractivity contribution in [1.29, 1.82) is 0 Å². The molecule has 0 amide bonds. The van der Waals surface area contributed by atoms with Gasteiger partial charge in [0.1, 0.15) is 11.6 Å². The molecule has 0 fully saturated rings. The van der Waals surface area contributed by atoms with E-state index in [2.05, 4.69) is 20.6 Å². The number of aromatic nitrogens is 2. The second-order valence-electron chi connectivity index (χ2n) is 4.24. The molecule has 2 aromatic rings. The van der Waals surface area contributed by atoms with Crippen LogP contribution in [0.15, 0.2) is 30.3 Å². The summed E-state index contributed by atoms with van der Waals surface area (Å²) in [5, 5.41) is 6.08. The number of hydrogen-bond donors (Lipinski definition) is 2. The van der Waals surface area contributed by atoms with Gasteiger partial charge in [0.2, 0.25) is 5.95 Å². The molecule has 1 aromatic heterocycles. The third-order valence-electron chi connectivity index (χ3n) is 2.74. The predicted octanol–water partition coefficient (Wildman–Crippen LogP) is 2.62. The summed E-state index contributed by atoms with van der Waals surface area (Å²) >= 11 is 0. The first-order valence-electron chi connectivity index (χ1n) is 6.20. The molecular weight excluding hydrogens is 243 g/mol. The minimum atomic E-state index is -0.168. The zero-order valence-electron chi connectivity index (χ0n) is 11.1. The van der Waals surface area contributed by atoms with Gasteiger partial charge in [-0.2, -0.15) is 4.98 Å². The molecule has 1 aromatic carbocycles. The first-order valence-corrected chi connectivity index (χ1v) is 6.20. The molecular formula is C14H17FN4. The Bertz CT molecular complexity index is 557. The molecule has 0 aliphatic rings. The average Bonchev–Trinajstić information content (AvgIpc) is 2.40. The molecule has 19 heavy (non-hydrogen) atoms. The van der Waals surface area contributed by atoms with Crippen molar-refractivity contribution in [3.8, 4) is 0 Å². The Morgan fingerprint density at radius 3 is 2.74 bits per heavy atom. The normalized spacial score (nSPS) is 10.3. The smallest absolute Gasteiger partial charge is 0.224 e. The number of hydrogen-bond acceptors (Lipinski definition) is 4. The SMILES string of the molecule is CNc1nc(C)cc(NCCc2ccccc2F)n1. The number of halogens is 1. The number of anilines is 2. The van der Waals surface area contributed by atoms with Crippen molar-refractivity contribution in [1.82, 2.24) is 9.97 Å². The van der Waals surface area contributed by atoms with Gasteiger partial charge in [0.25, 0.3) is 0 Å². The third kappa shape index (κ3) is 3.64. The van der Waals surface area contributed by atoms with Crippen LogP contribution in [0.4, 0.5) is 16.2 Å². The predicted molar refractivity (Wildman–Crippen MR) is 74.9 cm³/mol. The van der Waals surface area contributed by atoms with Crippen LogP contribution in [0.2, 0.25) is 0 Å². The van der Waals surface area contributed by atoms with E-state index < -0.39 is 0 Å². The minimum absolute atomic E-state index is 0.168. The Kier molecular flexibility index (Phi) is 4.28. The number of rotatable bonds is 5. The molecule has 0 bridgehead atoms. The lowest BCUT2D eigenvalue weighted by Gasteiger charge is -2.08. The van der Waals surface area contributed by atoms with Crippen molar-refractivity contribution in [3.05, 3.63) is 47.4 Å². The summed E-state index contributed by atoms with van der Waals surface area (Å²) in [4.78, 5) is 8.49. The lowest BCUT2D eigenvalue weighted by Crippen LogP contribution is -2.09. The topological polar surface area (TPSA) is 49.8 Å². The number of nitrogens with one attached hydrogen (secondary N) is 2. The van der Waals surface area contributed by atoms with E-state index in [9.17, 15) is 4.39 Å². The largest absolute Gasteiger partial charge is 0.370 e. The highest BCUT2D eigenvalue weighted by Crippen LogP contribution is 2.10. The van der Waals surface area contributed by atoms with Crippen molar-refractivity contribution >= 4 is 11.8 Å². The molecule has 0 atom stereocenters. The van der Waals surface area contributed by atoms with Crippen LogP contribution in [0.25, 0.3) is 0 Å². The van der Waals surface area contributed by atoms with Crippen LogP contribution in [0, 0.1) is 12.7 Å². The molecule has 0 radical (unpaired) electrons. The molecule has 0 aliphatic carbocycles. The summed E-state index contributed by atoms with van der Waals surface area (Å²) in [6.07, 6.45) is 0.616. The van der Waals surface area contributed by atoms with E-state index in [0.29, 0.717) is 24.5 Å². The van der Waals surface area contributed by atoms with Crippen LogP contribution < -0.4 is 10.6 Å². The summed E-state index contributed by atoms with van der Waals surface area (Å²) in [6, 6.07) is 8.67. The van der Waals surface area contributed by atoms with Crippen LogP contribution in [-0.4, -0.2) is 23.6 Å². The fourth-order valence-electron chi connectivity index (χ4n) is 1.80. The monoisotopic (exact) mass is 260 g/mol. The minimum Gasteiger partial charge on any atom is -0.370 e. The van der Waals surface area contributed by atoms with Crippen molar-refractivity contribution in [2.45, 2.75) is 13.3 Å². The lowest BCUT2D eigenvalue weighted by atomic mass is 10.1. The fraction of sp³-hybridized carbons (Fsp3) is 0.286. The lowest BCUT2D eigenvalue weighted by molar-refractivity contribution is 0.610. The van der Waals surface area contributed by atoms with Gasteiger partial charge in [-0.1, -0.05) is 18.2 Å². The van der Waals surface area contributed by atoms with Crippen LogP contribution in [0.1, 0.15) is 11.3 Å². The highest BCUT2D eigenvalue weighted by atomic mass is 19.1. The van der Waals surface area contributed by atoms with Gasteiger partial charge < -0.3 is 10.6 Å². The van der Waals surface area contributed by atoms with Gasteiger partial charge in [0, 0.05) is 25.4 Å². The van der Waals surface area contributed by atoms with E-state index in [1.54, 1.807) is 19.2 Å². The molecule has 5 heteroatoms. The Morgan fingerprint density at radius 2 is 2.00 bits per heavy atom. The summed E-state index contributed by atoms with van der Waals surface area (Å²) in [6.45, 7) is 2.53. The van der Waals surface area contributed by atoms with E-state index in [4.69, 9.17) is 0 Å². The first kappa shape index (κ1) is 13.3. The molecule has 4 nitrogen and oxygen atoms in total. The summed E-state index contributed by atoms with van der Waals surface area (Å²) < 4.78 is 13.4. The summed E-state index contributed by atoms with van der Waals surface area (Å²) in [5.41, 5.74) is 1.59. The first-order chi connectivity index (χ1) is 9.19. The highest BCUT2D eigenvalue weighted by molar-refractivity contribution is 5.42. The van der Waals surface area contributed by atoms with Crippen LogP contribution >= 0.6 is 0 Å². The van der Waals surface area contributed by atoms with Crippen LogP contribution in [-0.2, 0) is 6.42 Å². The molecule has 0 saturated heterocycles. The van der Waals surface area contributed by atoms with Crippen LogP contribution in [0.3, 0.4) is 0 Å². The zero-order chi connectivity index (χ0) is 13.7. The van der Waals surface area contributed by atoms with E-state index in [1.807, 2.05) is 19.1 Å². The Hall–Kier alpha value is -2.17. The molecule has 0 unspecified atom stereocenters. The van der Waals surface area contributed by atoms with Gasteiger partial charge in [-0.15, -0.1) is 0 Å². The maximum atomic E-state index is 13.4. The molecule has 0 spiro atoms. The van der Waals surface area contributed by atoms with Crippen molar-refractivity contribution in [2.24, 2.45) is 0 Å². The average molecular weight is 260 g/mol. The summed E-state index contributed by atoms with van der Waals surface area (Å²) in [7, 11) is 1.78. The molecule has 2 N–H and O–H groups in total. The van der Waals surface area contributed by atoms with Crippen molar-refractivity contribution < 1.29 is 4.39 Å². The maximum absolute atomic E-state index is 13.4. The van der Waals surface area contributed by atoms with Gasteiger partial charge in [-0.05, 0) is 25.0 Å². The standard InChI is InChI=1S/C14H17FN4/c1-10-9-13(19-14(16-2)18-10)17-8-7-11-5-3-4-6-12(11)15/h3-6,9H,7-8H2,1-2H3,(H2,16,17,18,19). The molecule has 100 valence electrons. The van der Waals surface area contributed by atoms with E-state index >= 15 is 0 Å². The maximum Gasteiger partial charge on any atom is 0.224 e. The second-order valence-corrected chi connectivity index (χ2v) is 4.24. The quantitative estimate of drug-likeness (QED) is 0.867. The van der Waals surface area contributed by atoms with Gasteiger partial charge in [-0.25, -0.2) is 9.37 Å². The molecule has 2 rings (SSSR count). The van der Waals surface area contributed by atoms with E-state index in [0.717, 1.165) is 11.5 Å². The van der Waals surface area contributed by atoms with E-state index in [1.165, 1.54) is 6.07 Å².